The van der Waals surface area contributed by atoms with Gasteiger partial charge in [0.2, 0.25) is 0 Å². The Hall–Kier alpha value is -0.910. The van der Waals surface area contributed by atoms with Gasteiger partial charge in [-0.25, -0.2) is 0 Å². The van der Waals surface area contributed by atoms with Crippen LogP contribution in [0.5, 0.6) is 0 Å². The summed E-state index contributed by atoms with van der Waals surface area (Å²) in [5.41, 5.74) is 0. The highest BCUT2D eigenvalue weighted by atomic mass is 35.5. The summed E-state index contributed by atoms with van der Waals surface area (Å²) < 4.78 is 2.72. The van der Waals surface area contributed by atoms with Gasteiger partial charge in [-0.2, -0.15) is 0 Å². The summed E-state index contributed by atoms with van der Waals surface area (Å²) in [6.07, 6.45) is 1.24. The van der Waals surface area contributed by atoms with E-state index in [1.807, 2.05) is 16.7 Å². The van der Waals surface area contributed by atoms with Crippen molar-refractivity contribution in [2.45, 2.75) is 25.5 Å². The molecule has 2 aromatic heterocycles. The molecule has 1 unspecified atom stereocenters. The molecule has 1 aliphatic rings. The number of aliphatic hydroxyl groups excluding tert-OH is 1. The van der Waals surface area contributed by atoms with E-state index >= 15 is 0 Å². The fourth-order valence-electron chi connectivity index (χ4n) is 1.97. The molecule has 0 amide bonds. The third kappa shape index (κ3) is 1.55. The summed E-state index contributed by atoms with van der Waals surface area (Å²) in [4.78, 5) is 0.998. The van der Waals surface area contributed by atoms with E-state index in [-0.39, 0.29) is 0 Å². The zero-order valence-electron chi connectivity index (χ0n) is 8.43. The van der Waals surface area contributed by atoms with E-state index in [9.17, 15) is 5.11 Å². The van der Waals surface area contributed by atoms with Gasteiger partial charge in [-0.1, -0.05) is 11.6 Å². The molecular formula is C10H10ClN3OS. The number of fused-ring (bicyclic) bond motifs is 1. The topological polar surface area (TPSA) is 50.9 Å². The molecule has 1 aliphatic heterocycles. The summed E-state index contributed by atoms with van der Waals surface area (Å²) >= 11 is 7.38. The van der Waals surface area contributed by atoms with Gasteiger partial charge in [-0.05, 0) is 25.0 Å². The fourth-order valence-corrected chi connectivity index (χ4v) is 3.01. The summed E-state index contributed by atoms with van der Waals surface area (Å²) in [5, 5.41) is 18.0. The van der Waals surface area contributed by atoms with Crippen molar-refractivity contribution in [3.8, 4) is 10.7 Å². The van der Waals surface area contributed by atoms with Gasteiger partial charge in [0, 0.05) is 6.54 Å². The van der Waals surface area contributed by atoms with E-state index in [2.05, 4.69) is 10.2 Å². The minimum atomic E-state index is -0.481. The largest absolute Gasteiger partial charge is 0.385 e. The fraction of sp³-hybridized carbons (Fsp3) is 0.400. The maximum absolute atomic E-state index is 9.78. The van der Waals surface area contributed by atoms with Gasteiger partial charge in [0.25, 0.3) is 0 Å². The second-order valence-electron chi connectivity index (χ2n) is 3.80. The molecule has 0 spiro atoms. The monoisotopic (exact) mass is 255 g/mol. The lowest BCUT2D eigenvalue weighted by molar-refractivity contribution is 0.134. The van der Waals surface area contributed by atoms with Crippen LogP contribution in [0.1, 0.15) is 24.8 Å². The average molecular weight is 256 g/mol. The third-order valence-corrected chi connectivity index (χ3v) is 3.96. The number of hydrogen-bond donors (Lipinski definition) is 1. The van der Waals surface area contributed by atoms with Gasteiger partial charge in [-0.3, -0.25) is 0 Å². The lowest BCUT2D eigenvalue weighted by atomic mass is 10.1. The minimum absolute atomic E-state index is 0.481. The predicted octanol–water partition coefficient (Wildman–Crippen LogP) is 2.49. The summed E-state index contributed by atoms with van der Waals surface area (Å²) in [7, 11) is 0. The van der Waals surface area contributed by atoms with Crippen LogP contribution in [0.25, 0.3) is 10.7 Å². The molecule has 4 nitrogen and oxygen atoms in total. The van der Waals surface area contributed by atoms with Gasteiger partial charge in [0.05, 0.1) is 9.21 Å². The summed E-state index contributed by atoms with van der Waals surface area (Å²) in [5.74, 6) is 1.48. The Kier molecular flexibility index (Phi) is 2.46. The van der Waals surface area contributed by atoms with E-state index in [0.29, 0.717) is 5.82 Å². The Balaban J connectivity index is 2.09. The Labute approximate surface area is 102 Å². The van der Waals surface area contributed by atoms with Crippen LogP contribution in [0.3, 0.4) is 0 Å². The first kappa shape index (κ1) is 10.3. The number of thiophene rings is 1. The van der Waals surface area contributed by atoms with E-state index in [1.165, 1.54) is 11.3 Å². The lowest BCUT2D eigenvalue weighted by Gasteiger charge is -2.18. The Morgan fingerprint density at radius 2 is 2.31 bits per heavy atom. The molecule has 0 saturated carbocycles. The Morgan fingerprint density at radius 3 is 3.06 bits per heavy atom. The predicted molar refractivity (Wildman–Crippen MR) is 62.5 cm³/mol. The van der Waals surface area contributed by atoms with Crippen LogP contribution >= 0.6 is 22.9 Å². The molecule has 0 saturated heterocycles. The quantitative estimate of drug-likeness (QED) is 0.852. The number of aromatic nitrogens is 3. The van der Waals surface area contributed by atoms with Gasteiger partial charge in [0.15, 0.2) is 11.6 Å². The third-order valence-electron chi connectivity index (χ3n) is 2.73. The summed E-state index contributed by atoms with van der Waals surface area (Å²) in [6, 6.07) is 3.79. The van der Waals surface area contributed by atoms with Crippen molar-refractivity contribution in [1.29, 1.82) is 0 Å². The number of hydrogen-bond acceptors (Lipinski definition) is 4. The van der Waals surface area contributed by atoms with Gasteiger partial charge in [0.1, 0.15) is 6.10 Å². The minimum Gasteiger partial charge on any atom is -0.385 e. The van der Waals surface area contributed by atoms with Crippen LogP contribution in [-0.4, -0.2) is 19.9 Å². The Bertz CT molecular complexity index is 522. The van der Waals surface area contributed by atoms with Crippen molar-refractivity contribution in [1.82, 2.24) is 14.8 Å². The molecule has 3 heterocycles. The molecule has 6 heteroatoms. The van der Waals surface area contributed by atoms with E-state index < -0.39 is 6.10 Å². The van der Waals surface area contributed by atoms with Crippen LogP contribution in [0.2, 0.25) is 4.34 Å². The van der Waals surface area contributed by atoms with Crippen molar-refractivity contribution in [3.05, 3.63) is 22.3 Å². The van der Waals surface area contributed by atoms with Crippen LogP contribution in [-0.2, 0) is 6.54 Å². The SMILES string of the molecule is OC1CCCn2c(-c3ccc(Cl)s3)nnc21. The summed E-state index contributed by atoms with van der Waals surface area (Å²) in [6.45, 7) is 0.865. The molecule has 16 heavy (non-hydrogen) atoms. The Morgan fingerprint density at radius 1 is 1.44 bits per heavy atom. The molecule has 1 atom stereocenters. The van der Waals surface area contributed by atoms with Gasteiger partial charge in [-0.15, -0.1) is 21.5 Å². The first-order valence-corrected chi connectivity index (χ1v) is 6.32. The molecular weight excluding hydrogens is 246 g/mol. The first-order chi connectivity index (χ1) is 7.75. The molecule has 0 radical (unpaired) electrons. The number of rotatable bonds is 1. The number of aliphatic hydroxyl groups is 1. The van der Waals surface area contributed by atoms with Crippen LogP contribution in [0, 0.1) is 0 Å². The standard InChI is InChI=1S/C10H10ClN3OS/c11-8-4-3-7(16-8)10-13-12-9-6(15)2-1-5-14(9)10/h3-4,6,15H,1-2,5H2. The zero-order chi connectivity index (χ0) is 11.1. The van der Waals surface area contributed by atoms with E-state index in [4.69, 9.17) is 11.6 Å². The van der Waals surface area contributed by atoms with Crippen molar-refractivity contribution in [2.24, 2.45) is 0 Å². The smallest absolute Gasteiger partial charge is 0.174 e. The molecule has 1 N–H and O–H groups in total. The maximum atomic E-state index is 9.78. The number of halogens is 1. The lowest BCUT2D eigenvalue weighted by Crippen LogP contribution is -2.16. The number of nitrogens with zero attached hydrogens (tertiary/aromatic N) is 3. The van der Waals surface area contributed by atoms with Crippen LogP contribution < -0.4 is 0 Å². The normalized spacial score (nSPS) is 19.8. The van der Waals surface area contributed by atoms with Crippen molar-refractivity contribution >= 4 is 22.9 Å². The molecule has 2 aromatic rings. The highest BCUT2D eigenvalue weighted by molar-refractivity contribution is 7.19. The van der Waals surface area contributed by atoms with Crippen molar-refractivity contribution < 1.29 is 5.11 Å². The highest BCUT2D eigenvalue weighted by Crippen LogP contribution is 2.33. The molecule has 84 valence electrons. The molecule has 0 aromatic carbocycles. The molecule has 0 bridgehead atoms. The van der Waals surface area contributed by atoms with E-state index in [1.54, 1.807) is 0 Å². The van der Waals surface area contributed by atoms with Crippen LogP contribution in [0.15, 0.2) is 12.1 Å². The highest BCUT2D eigenvalue weighted by Gasteiger charge is 2.24. The van der Waals surface area contributed by atoms with E-state index in [0.717, 1.165) is 34.4 Å². The van der Waals surface area contributed by atoms with Gasteiger partial charge < -0.3 is 9.67 Å². The average Bonchev–Trinajstić information content (AvgIpc) is 2.84. The maximum Gasteiger partial charge on any atom is 0.174 e. The van der Waals surface area contributed by atoms with Crippen LogP contribution in [0.4, 0.5) is 0 Å². The zero-order valence-corrected chi connectivity index (χ0v) is 10.0. The second kappa shape index (κ2) is 3.84. The van der Waals surface area contributed by atoms with Crippen molar-refractivity contribution in [3.63, 3.8) is 0 Å². The first-order valence-electron chi connectivity index (χ1n) is 5.12. The second-order valence-corrected chi connectivity index (χ2v) is 5.51. The molecule has 0 aliphatic carbocycles. The molecule has 0 fully saturated rings. The molecule has 3 rings (SSSR count). The van der Waals surface area contributed by atoms with Gasteiger partial charge >= 0.3 is 0 Å². The van der Waals surface area contributed by atoms with Crippen molar-refractivity contribution in [2.75, 3.05) is 0 Å².